The molecular formula is C13H20N4O3S. The Labute approximate surface area is 124 Å². The molecule has 8 heteroatoms. The summed E-state index contributed by atoms with van der Waals surface area (Å²) in [5.41, 5.74) is 6.78. The molecule has 1 aliphatic heterocycles. The number of hydrogen-bond acceptors (Lipinski definition) is 5. The number of benzene rings is 1. The van der Waals surface area contributed by atoms with Crippen molar-refractivity contribution in [1.82, 2.24) is 5.32 Å². The molecular weight excluding hydrogens is 292 g/mol. The molecule has 0 spiro atoms. The van der Waals surface area contributed by atoms with E-state index in [2.05, 4.69) is 10.2 Å². The van der Waals surface area contributed by atoms with Gasteiger partial charge in [0.1, 0.15) is 4.90 Å². The number of primary sulfonamides is 1. The van der Waals surface area contributed by atoms with Gasteiger partial charge in [-0.15, -0.1) is 0 Å². The molecule has 1 aliphatic rings. The molecule has 0 saturated carbocycles. The van der Waals surface area contributed by atoms with Crippen molar-refractivity contribution in [2.45, 2.75) is 30.7 Å². The molecule has 0 radical (unpaired) electrons. The average Bonchev–Trinajstić information content (AvgIpc) is 2.37. The molecule has 0 aliphatic carbocycles. The lowest BCUT2D eigenvalue weighted by molar-refractivity contribution is -0.119. The van der Waals surface area contributed by atoms with E-state index in [1.807, 2.05) is 0 Å². The minimum Gasteiger partial charge on any atom is -0.398 e. The van der Waals surface area contributed by atoms with Crippen LogP contribution in [-0.4, -0.2) is 33.5 Å². The molecule has 0 aromatic heterocycles. The molecule has 1 fully saturated rings. The molecule has 1 amide bonds. The molecule has 1 aromatic carbocycles. The number of nitrogens with zero attached hydrogens (tertiary/aromatic N) is 1. The van der Waals surface area contributed by atoms with Crippen LogP contribution in [-0.2, 0) is 14.8 Å². The summed E-state index contributed by atoms with van der Waals surface area (Å²) in [6, 6.07) is 4.95. The van der Waals surface area contributed by atoms with E-state index in [9.17, 15) is 13.2 Å². The third-order valence-corrected chi connectivity index (χ3v) is 4.55. The Morgan fingerprint density at radius 2 is 1.95 bits per heavy atom. The average molecular weight is 312 g/mol. The van der Waals surface area contributed by atoms with Gasteiger partial charge in [0.2, 0.25) is 15.9 Å². The summed E-state index contributed by atoms with van der Waals surface area (Å²) in [5, 5.41) is 8.00. The fourth-order valence-electron chi connectivity index (χ4n) is 2.56. The van der Waals surface area contributed by atoms with Gasteiger partial charge in [-0.3, -0.25) is 4.79 Å². The fourth-order valence-corrected chi connectivity index (χ4v) is 3.21. The second-order valence-corrected chi connectivity index (χ2v) is 6.76. The van der Waals surface area contributed by atoms with Gasteiger partial charge in [-0.25, -0.2) is 13.6 Å². The zero-order valence-electron chi connectivity index (χ0n) is 11.9. The molecule has 1 aromatic rings. The smallest absolute Gasteiger partial charge is 0.240 e. The summed E-state index contributed by atoms with van der Waals surface area (Å²) in [6.07, 6.45) is 1.69. The first-order valence-corrected chi connectivity index (χ1v) is 8.26. The predicted molar refractivity (Wildman–Crippen MR) is 81.3 cm³/mol. The highest BCUT2D eigenvalue weighted by molar-refractivity contribution is 7.89. The number of carbonyl (C=O) groups is 1. The number of piperidine rings is 1. The summed E-state index contributed by atoms with van der Waals surface area (Å²) in [5.74, 6) is -0.0183. The Morgan fingerprint density at radius 3 is 2.43 bits per heavy atom. The standard InChI is InChI=1S/C13H20N4O3S/c1-9(18)16-10-4-6-17(7-5-10)11-2-3-13(12(14)8-11)21(15,19)20/h2-3,8,10H,4-7,14H2,1H3,(H,16,18)(H2,15,19,20). The van der Waals surface area contributed by atoms with Gasteiger partial charge in [0.15, 0.2) is 0 Å². The molecule has 0 unspecified atom stereocenters. The largest absolute Gasteiger partial charge is 0.398 e. The quantitative estimate of drug-likeness (QED) is 0.680. The molecule has 5 N–H and O–H groups in total. The van der Waals surface area contributed by atoms with Crippen LogP contribution in [0.2, 0.25) is 0 Å². The van der Waals surface area contributed by atoms with Crippen molar-refractivity contribution >= 4 is 27.3 Å². The van der Waals surface area contributed by atoms with Crippen molar-refractivity contribution in [2.24, 2.45) is 5.14 Å². The SMILES string of the molecule is CC(=O)NC1CCN(c2ccc(S(N)(=O)=O)c(N)c2)CC1. The van der Waals surface area contributed by atoms with Crippen LogP contribution in [0.1, 0.15) is 19.8 Å². The lowest BCUT2D eigenvalue weighted by atomic mass is 10.0. The highest BCUT2D eigenvalue weighted by Crippen LogP contribution is 2.26. The van der Waals surface area contributed by atoms with Gasteiger partial charge < -0.3 is 16.0 Å². The second-order valence-electron chi connectivity index (χ2n) is 5.23. The Hall–Kier alpha value is -1.80. The Bertz CT molecular complexity index is 637. The topological polar surface area (TPSA) is 119 Å². The van der Waals surface area contributed by atoms with Crippen LogP contribution in [0.15, 0.2) is 23.1 Å². The summed E-state index contributed by atoms with van der Waals surface area (Å²) in [7, 11) is -3.79. The molecule has 116 valence electrons. The number of nitrogens with two attached hydrogens (primary N) is 2. The molecule has 0 bridgehead atoms. The van der Waals surface area contributed by atoms with Crippen molar-refractivity contribution in [1.29, 1.82) is 0 Å². The van der Waals surface area contributed by atoms with Crippen molar-refractivity contribution in [3.8, 4) is 0 Å². The van der Waals surface area contributed by atoms with E-state index < -0.39 is 10.0 Å². The number of amides is 1. The number of sulfonamides is 1. The van der Waals surface area contributed by atoms with Gasteiger partial charge in [-0.05, 0) is 31.0 Å². The normalized spacial score (nSPS) is 16.8. The number of anilines is 2. The lowest BCUT2D eigenvalue weighted by Gasteiger charge is -2.34. The van der Waals surface area contributed by atoms with Crippen molar-refractivity contribution < 1.29 is 13.2 Å². The van der Waals surface area contributed by atoms with E-state index in [1.165, 1.54) is 13.0 Å². The Balaban J connectivity index is 2.08. The molecule has 0 atom stereocenters. The van der Waals surface area contributed by atoms with E-state index in [0.717, 1.165) is 31.6 Å². The third kappa shape index (κ3) is 3.85. The van der Waals surface area contributed by atoms with Gasteiger partial charge in [-0.2, -0.15) is 0 Å². The van der Waals surface area contributed by atoms with Crippen molar-refractivity contribution in [3.63, 3.8) is 0 Å². The highest BCUT2D eigenvalue weighted by Gasteiger charge is 2.21. The van der Waals surface area contributed by atoms with Gasteiger partial charge in [0, 0.05) is 31.7 Å². The Morgan fingerprint density at radius 1 is 1.33 bits per heavy atom. The number of rotatable bonds is 3. The summed E-state index contributed by atoms with van der Waals surface area (Å²) in [6.45, 7) is 3.07. The fraction of sp³-hybridized carbons (Fsp3) is 0.462. The van der Waals surface area contributed by atoms with Gasteiger partial charge in [-0.1, -0.05) is 0 Å². The minimum absolute atomic E-state index is 0.0183. The Kier molecular flexibility index (Phi) is 4.38. The van der Waals surface area contributed by atoms with E-state index in [1.54, 1.807) is 12.1 Å². The number of hydrogen-bond donors (Lipinski definition) is 3. The second kappa shape index (κ2) is 5.90. The first-order chi connectivity index (χ1) is 9.77. The maximum atomic E-state index is 11.3. The molecule has 1 heterocycles. The van der Waals surface area contributed by atoms with Crippen LogP contribution in [0.25, 0.3) is 0 Å². The van der Waals surface area contributed by atoms with Crippen LogP contribution in [0.5, 0.6) is 0 Å². The molecule has 1 saturated heterocycles. The molecule has 2 rings (SSSR count). The van der Waals surface area contributed by atoms with Crippen LogP contribution in [0.4, 0.5) is 11.4 Å². The van der Waals surface area contributed by atoms with Crippen molar-refractivity contribution in [3.05, 3.63) is 18.2 Å². The lowest BCUT2D eigenvalue weighted by Crippen LogP contribution is -2.44. The number of nitrogens with one attached hydrogen (secondary N) is 1. The maximum absolute atomic E-state index is 11.3. The minimum atomic E-state index is -3.79. The van der Waals surface area contributed by atoms with E-state index in [-0.39, 0.29) is 22.5 Å². The maximum Gasteiger partial charge on any atom is 0.240 e. The first-order valence-electron chi connectivity index (χ1n) is 6.72. The summed E-state index contributed by atoms with van der Waals surface area (Å²) >= 11 is 0. The van der Waals surface area contributed by atoms with Crippen LogP contribution in [0, 0.1) is 0 Å². The molecule has 21 heavy (non-hydrogen) atoms. The van der Waals surface area contributed by atoms with Crippen molar-refractivity contribution in [2.75, 3.05) is 23.7 Å². The van der Waals surface area contributed by atoms with Crippen LogP contribution in [0.3, 0.4) is 0 Å². The summed E-state index contributed by atoms with van der Waals surface area (Å²) in [4.78, 5) is 13.1. The van der Waals surface area contributed by atoms with E-state index in [0.29, 0.717) is 0 Å². The van der Waals surface area contributed by atoms with Gasteiger partial charge in [0.25, 0.3) is 0 Å². The van der Waals surface area contributed by atoms with Gasteiger partial charge >= 0.3 is 0 Å². The number of nitrogen functional groups attached to an aromatic ring is 1. The van der Waals surface area contributed by atoms with E-state index >= 15 is 0 Å². The predicted octanol–water partition coefficient (Wildman–Crippen LogP) is 0.0211. The monoisotopic (exact) mass is 312 g/mol. The first kappa shape index (κ1) is 15.6. The van der Waals surface area contributed by atoms with Crippen LogP contribution >= 0.6 is 0 Å². The zero-order valence-corrected chi connectivity index (χ0v) is 12.7. The summed E-state index contributed by atoms with van der Waals surface area (Å²) < 4.78 is 22.7. The molecule has 7 nitrogen and oxygen atoms in total. The number of carbonyl (C=O) groups excluding carboxylic acids is 1. The third-order valence-electron chi connectivity index (χ3n) is 3.57. The van der Waals surface area contributed by atoms with Crippen LogP contribution < -0.4 is 21.1 Å². The van der Waals surface area contributed by atoms with Gasteiger partial charge in [0.05, 0.1) is 5.69 Å². The zero-order chi connectivity index (χ0) is 15.6. The van der Waals surface area contributed by atoms with E-state index in [4.69, 9.17) is 10.9 Å². The highest BCUT2D eigenvalue weighted by atomic mass is 32.2.